The minimum absolute atomic E-state index is 0.0257. The van der Waals surface area contributed by atoms with Crippen molar-refractivity contribution in [1.29, 1.82) is 0 Å². The molecule has 1 atom stereocenters. The van der Waals surface area contributed by atoms with Crippen molar-refractivity contribution in [3.63, 3.8) is 0 Å². The van der Waals surface area contributed by atoms with Crippen LogP contribution in [0.1, 0.15) is 43.4 Å². The lowest BCUT2D eigenvalue weighted by atomic mass is 9.95. The molecule has 7 nitrogen and oxygen atoms in total. The van der Waals surface area contributed by atoms with Crippen LogP contribution in [0.4, 0.5) is 0 Å². The summed E-state index contributed by atoms with van der Waals surface area (Å²) in [5, 5.41) is 20.7. The average molecular weight is 440 g/mol. The Morgan fingerprint density at radius 2 is 1.69 bits per heavy atom. The van der Waals surface area contributed by atoms with Crippen LogP contribution >= 0.6 is 0 Å². The second-order valence-electron chi connectivity index (χ2n) is 7.66. The number of aliphatic hydroxyl groups is 1. The summed E-state index contributed by atoms with van der Waals surface area (Å²) in [6.07, 6.45) is 2.52. The Kier molecular flexibility index (Phi) is 7.89. The van der Waals surface area contributed by atoms with Crippen LogP contribution in [-0.4, -0.2) is 53.7 Å². The normalized spacial score (nSPS) is 17.7. The number of aliphatic hydroxyl groups excluding tert-OH is 1. The van der Waals surface area contributed by atoms with Crippen molar-refractivity contribution in [2.45, 2.75) is 32.2 Å². The third-order valence-corrected chi connectivity index (χ3v) is 5.39. The first-order valence-corrected chi connectivity index (χ1v) is 10.8. The highest BCUT2D eigenvalue weighted by Crippen LogP contribution is 2.40. The molecule has 0 radical (unpaired) electrons. The van der Waals surface area contributed by atoms with Gasteiger partial charge in [0.15, 0.2) is 0 Å². The van der Waals surface area contributed by atoms with Crippen molar-refractivity contribution >= 4 is 17.4 Å². The Morgan fingerprint density at radius 3 is 2.31 bits per heavy atom. The summed E-state index contributed by atoms with van der Waals surface area (Å²) in [5.74, 6) is -0.897. The molecule has 2 aromatic carbocycles. The van der Waals surface area contributed by atoms with Gasteiger partial charge in [-0.05, 0) is 54.8 Å². The standard InChI is InChI=1S/C25H29NO6/c1-3-4-16-32-20-12-8-18(9-13-20)23(28)21-22(17-6-10-19(27)11-7-17)26(14-5-15-31-2)25(30)24(21)29/h6-13,22,27-28H,3-5,14-16H2,1-2H3/b23-21+. The predicted octanol–water partition coefficient (Wildman–Crippen LogP) is 4.03. The second kappa shape index (κ2) is 10.8. The van der Waals surface area contributed by atoms with Crippen molar-refractivity contribution < 1.29 is 29.3 Å². The number of amides is 1. The molecule has 1 aliphatic heterocycles. The van der Waals surface area contributed by atoms with Crippen LogP contribution in [0.5, 0.6) is 11.5 Å². The van der Waals surface area contributed by atoms with Crippen molar-refractivity contribution in [3.05, 3.63) is 65.2 Å². The Labute approximate surface area is 187 Å². The van der Waals surface area contributed by atoms with E-state index in [4.69, 9.17) is 9.47 Å². The van der Waals surface area contributed by atoms with Crippen LogP contribution in [0.15, 0.2) is 54.1 Å². The number of carbonyl (C=O) groups excluding carboxylic acids is 2. The molecule has 0 aliphatic carbocycles. The van der Waals surface area contributed by atoms with E-state index in [1.165, 1.54) is 17.0 Å². The van der Waals surface area contributed by atoms with Gasteiger partial charge in [0.25, 0.3) is 11.7 Å². The van der Waals surface area contributed by atoms with Crippen molar-refractivity contribution in [2.24, 2.45) is 0 Å². The predicted molar refractivity (Wildman–Crippen MR) is 120 cm³/mol. The zero-order valence-electron chi connectivity index (χ0n) is 18.4. The van der Waals surface area contributed by atoms with E-state index < -0.39 is 17.7 Å². The van der Waals surface area contributed by atoms with Gasteiger partial charge in [-0.2, -0.15) is 0 Å². The number of aromatic hydroxyl groups is 1. The molecule has 1 heterocycles. The summed E-state index contributed by atoms with van der Waals surface area (Å²) in [5.41, 5.74) is 1.07. The van der Waals surface area contributed by atoms with E-state index >= 15 is 0 Å². The van der Waals surface area contributed by atoms with Crippen LogP contribution in [0.25, 0.3) is 5.76 Å². The highest BCUT2D eigenvalue weighted by molar-refractivity contribution is 6.46. The topological polar surface area (TPSA) is 96.3 Å². The number of hydrogen-bond donors (Lipinski definition) is 2. The van der Waals surface area contributed by atoms with Crippen molar-refractivity contribution in [3.8, 4) is 11.5 Å². The Balaban J connectivity index is 1.98. The van der Waals surface area contributed by atoms with Crippen LogP contribution in [0.2, 0.25) is 0 Å². The molecule has 0 aromatic heterocycles. The molecule has 170 valence electrons. The van der Waals surface area contributed by atoms with Gasteiger partial charge in [-0.3, -0.25) is 9.59 Å². The molecule has 7 heteroatoms. The molecule has 1 aliphatic rings. The Hall–Kier alpha value is -3.32. The number of unbranched alkanes of at least 4 members (excludes halogenated alkanes) is 1. The van der Waals surface area contributed by atoms with E-state index in [-0.39, 0.29) is 17.1 Å². The van der Waals surface area contributed by atoms with Gasteiger partial charge in [0.2, 0.25) is 0 Å². The maximum atomic E-state index is 12.9. The zero-order chi connectivity index (χ0) is 23.1. The lowest BCUT2D eigenvalue weighted by Gasteiger charge is -2.25. The molecule has 1 fully saturated rings. The van der Waals surface area contributed by atoms with Gasteiger partial charge < -0.3 is 24.6 Å². The maximum Gasteiger partial charge on any atom is 0.295 e. The van der Waals surface area contributed by atoms with Gasteiger partial charge >= 0.3 is 0 Å². The number of hydrogen-bond acceptors (Lipinski definition) is 6. The molecule has 2 aromatic rings. The largest absolute Gasteiger partial charge is 0.508 e. The molecule has 3 rings (SSSR count). The Morgan fingerprint density at radius 1 is 1.00 bits per heavy atom. The monoisotopic (exact) mass is 439 g/mol. The highest BCUT2D eigenvalue weighted by atomic mass is 16.5. The quantitative estimate of drug-likeness (QED) is 0.251. The van der Waals surface area contributed by atoms with Crippen LogP contribution < -0.4 is 4.74 Å². The number of methoxy groups -OCH3 is 1. The number of carbonyl (C=O) groups is 2. The van der Waals surface area contributed by atoms with Gasteiger partial charge in [-0.15, -0.1) is 0 Å². The summed E-state index contributed by atoms with van der Waals surface area (Å²) in [4.78, 5) is 27.2. The zero-order valence-corrected chi connectivity index (χ0v) is 18.4. The number of likely N-dealkylation sites (tertiary alicyclic amines) is 1. The number of benzene rings is 2. The van der Waals surface area contributed by atoms with E-state index in [0.29, 0.717) is 43.1 Å². The molecule has 1 amide bonds. The fraction of sp³-hybridized carbons (Fsp3) is 0.360. The summed E-state index contributed by atoms with van der Waals surface area (Å²) in [6.45, 7) is 3.42. The number of ketones is 1. The van der Waals surface area contributed by atoms with Crippen LogP contribution in [0, 0.1) is 0 Å². The van der Waals surface area contributed by atoms with E-state index in [1.807, 2.05) is 0 Å². The number of rotatable bonds is 10. The molecule has 1 saturated heterocycles. The van der Waals surface area contributed by atoms with Gasteiger partial charge in [-0.25, -0.2) is 0 Å². The summed E-state index contributed by atoms with van der Waals surface area (Å²) >= 11 is 0. The minimum Gasteiger partial charge on any atom is -0.508 e. The first kappa shape index (κ1) is 23.3. The minimum atomic E-state index is -0.757. The Bertz CT molecular complexity index is 965. The number of Topliss-reactive ketones (excluding diaryl/α,β-unsaturated/α-hetero) is 1. The first-order valence-electron chi connectivity index (χ1n) is 10.8. The van der Waals surface area contributed by atoms with E-state index in [0.717, 1.165) is 12.8 Å². The van der Waals surface area contributed by atoms with E-state index in [1.54, 1.807) is 43.5 Å². The lowest BCUT2D eigenvalue weighted by molar-refractivity contribution is -0.140. The summed E-state index contributed by atoms with van der Waals surface area (Å²) in [6, 6.07) is 12.3. The lowest BCUT2D eigenvalue weighted by Crippen LogP contribution is -2.31. The number of ether oxygens (including phenoxy) is 2. The summed E-state index contributed by atoms with van der Waals surface area (Å²) in [7, 11) is 1.57. The molecule has 32 heavy (non-hydrogen) atoms. The van der Waals surface area contributed by atoms with Crippen molar-refractivity contribution in [2.75, 3.05) is 26.9 Å². The van der Waals surface area contributed by atoms with Gasteiger partial charge in [0.05, 0.1) is 18.2 Å². The van der Waals surface area contributed by atoms with Gasteiger partial charge in [0, 0.05) is 25.8 Å². The molecule has 2 N–H and O–H groups in total. The number of nitrogens with zero attached hydrogens (tertiary/aromatic N) is 1. The molecular formula is C25H29NO6. The molecule has 0 saturated carbocycles. The van der Waals surface area contributed by atoms with Gasteiger partial charge in [0.1, 0.15) is 17.3 Å². The summed E-state index contributed by atoms with van der Waals surface area (Å²) < 4.78 is 10.7. The molecular weight excluding hydrogens is 410 g/mol. The molecule has 1 unspecified atom stereocenters. The maximum absolute atomic E-state index is 12.9. The van der Waals surface area contributed by atoms with Crippen molar-refractivity contribution in [1.82, 2.24) is 4.90 Å². The van der Waals surface area contributed by atoms with E-state index in [9.17, 15) is 19.8 Å². The fourth-order valence-electron chi connectivity index (χ4n) is 3.69. The highest BCUT2D eigenvalue weighted by Gasteiger charge is 2.45. The SMILES string of the molecule is CCCCOc1ccc(/C(O)=C2\C(=O)C(=O)N(CCCOC)C2c2ccc(O)cc2)cc1. The third-order valence-electron chi connectivity index (χ3n) is 5.39. The van der Waals surface area contributed by atoms with Gasteiger partial charge in [-0.1, -0.05) is 25.5 Å². The van der Waals surface area contributed by atoms with Crippen LogP contribution in [0.3, 0.4) is 0 Å². The second-order valence-corrected chi connectivity index (χ2v) is 7.66. The number of phenolic OH excluding ortho intramolecular Hbond substituents is 1. The molecule has 0 spiro atoms. The molecule has 0 bridgehead atoms. The first-order chi connectivity index (χ1) is 15.5. The smallest absolute Gasteiger partial charge is 0.295 e. The third kappa shape index (κ3) is 5.11. The van der Waals surface area contributed by atoms with Crippen LogP contribution in [-0.2, 0) is 14.3 Å². The number of phenols is 1. The fourth-order valence-corrected chi connectivity index (χ4v) is 3.69. The van der Waals surface area contributed by atoms with E-state index in [2.05, 4.69) is 6.92 Å². The average Bonchev–Trinajstić information content (AvgIpc) is 3.05.